The number of benzene rings is 2. The number of carbonyl (C=O) groups is 2. The summed E-state index contributed by atoms with van der Waals surface area (Å²) in [6.45, 7) is 4.49. The van der Waals surface area contributed by atoms with E-state index < -0.39 is 28.0 Å². The quantitative estimate of drug-likeness (QED) is 0.443. The Hall–Kier alpha value is -3.21. The van der Waals surface area contributed by atoms with Crippen LogP contribution >= 0.6 is 11.6 Å². The number of rotatable bonds is 8. The molecule has 0 aliphatic carbocycles. The predicted molar refractivity (Wildman–Crippen MR) is 135 cm³/mol. The molecule has 36 heavy (non-hydrogen) atoms. The fraction of sp³-hybridized carbons (Fsp3) is 0.320. The van der Waals surface area contributed by atoms with Crippen LogP contribution in [0.1, 0.15) is 41.4 Å². The normalized spacial score (nSPS) is 15.0. The second-order valence-corrected chi connectivity index (χ2v) is 10.9. The van der Waals surface area contributed by atoms with Crippen LogP contribution in [0, 0.1) is 6.92 Å². The van der Waals surface area contributed by atoms with Gasteiger partial charge < -0.3 is 10.1 Å². The number of nitrogens with zero attached hydrogens (tertiary/aromatic N) is 3. The lowest BCUT2D eigenvalue weighted by molar-refractivity contribution is -0.123. The molecular weight excluding hydrogens is 504 g/mol. The van der Waals surface area contributed by atoms with Crippen molar-refractivity contribution in [3.8, 4) is 0 Å². The number of aromatic nitrogens is 2. The molecule has 9 nitrogen and oxygen atoms in total. The van der Waals surface area contributed by atoms with E-state index in [1.54, 1.807) is 6.92 Å². The Bertz CT molecular complexity index is 1350. The lowest BCUT2D eigenvalue weighted by Crippen LogP contribution is -2.30. The summed E-state index contributed by atoms with van der Waals surface area (Å²) in [7, 11) is -3.54. The zero-order valence-electron chi connectivity index (χ0n) is 20.0. The van der Waals surface area contributed by atoms with Gasteiger partial charge >= 0.3 is 5.97 Å². The molecule has 0 spiro atoms. The highest BCUT2D eigenvalue weighted by Gasteiger charge is 2.28. The molecule has 2 aromatic carbocycles. The van der Waals surface area contributed by atoms with Crippen molar-refractivity contribution in [1.29, 1.82) is 0 Å². The Morgan fingerprint density at radius 3 is 2.36 bits per heavy atom. The van der Waals surface area contributed by atoms with Crippen LogP contribution in [0.3, 0.4) is 0 Å². The van der Waals surface area contributed by atoms with E-state index in [1.165, 1.54) is 40.2 Å². The number of ether oxygens (including phenoxy) is 1. The SMILES string of the molecule is Cc1nn(Cc2ccccc2)c(Cl)c1C(=O)O[C@H](C)C(=O)Nc1ccc(S(=O)(=O)N2CCCC2)cc1. The fourth-order valence-corrected chi connectivity index (χ4v) is 5.78. The van der Waals surface area contributed by atoms with Gasteiger partial charge in [-0.05, 0) is 56.5 Å². The van der Waals surface area contributed by atoms with Crippen LogP contribution in [0.15, 0.2) is 59.5 Å². The highest BCUT2D eigenvalue weighted by molar-refractivity contribution is 7.89. The molecule has 1 aliphatic rings. The van der Waals surface area contributed by atoms with E-state index >= 15 is 0 Å². The van der Waals surface area contributed by atoms with E-state index in [0.717, 1.165) is 18.4 Å². The number of anilines is 1. The molecular formula is C25H27ClN4O5S. The van der Waals surface area contributed by atoms with Crippen molar-refractivity contribution in [2.24, 2.45) is 0 Å². The van der Waals surface area contributed by atoms with Gasteiger partial charge in [-0.2, -0.15) is 9.40 Å². The molecule has 0 saturated carbocycles. The van der Waals surface area contributed by atoms with Gasteiger partial charge in [0.15, 0.2) is 6.10 Å². The molecule has 1 saturated heterocycles. The topological polar surface area (TPSA) is 111 Å². The molecule has 1 N–H and O–H groups in total. The van der Waals surface area contributed by atoms with Crippen molar-refractivity contribution >= 4 is 39.2 Å². The van der Waals surface area contributed by atoms with E-state index in [4.69, 9.17) is 16.3 Å². The van der Waals surface area contributed by atoms with Gasteiger partial charge in [0, 0.05) is 18.8 Å². The Kier molecular flexibility index (Phi) is 7.77. The molecule has 0 radical (unpaired) electrons. The summed E-state index contributed by atoms with van der Waals surface area (Å²) >= 11 is 6.41. The molecule has 2 heterocycles. The number of carbonyl (C=O) groups excluding carboxylic acids is 2. The minimum Gasteiger partial charge on any atom is -0.449 e. The Morgan fingerprint density at radius 2 is 1.72 bits per heavy atom. The van der Waals surface area contributed by atoms with Crippen LogP contribution in [0.2, 0.25) is 5.15 Å². The van der Waals surface area contributed by atoms with Crippen LogP contribution in [0.4, 0.5) is 5.69 Å². The van der Waals surface area contributed by atoms with Gasteiger partial charge in [0.25, 0.3) is 5.91 Å². The van der Waals surface area contributed by atoms with E-state index in [-0.39, 0.29) is 15.6 Å². The van der Waals surface area contributed by atoms with E-state index in [1.807, 2.05) is 30.3 Å². The van der Waals surface area contributed by atoms with Crippen molar-refractivity contribution in [3.05, 3.63) is 76.6 Å². The molecule has 1 atom stereocenters. The number of hydrogen-bond acceptors (Lipinski definition) is 6. The summed E-state index contributed by atoms with van der Waals surface area (Å²) in [5.74, 6) is -1.32. The van der Waals surface area contributed by atoms with Crippen molar-refractivity contribution < 1.29 is 22.7 Å². The summed E-state index contributed by atoms with van der Waals surface area (Å²) < 4.78 is 33.6. The maximum Gasteiger partial charge on any atom is 0.343 e. The van der Waals surface area contributed by atoms with Crippen molar-refractivity contribution in [2.45, 2.75) is 44.2 Å². The summed E-state index contributed by atoms with van der Waals surface area (Å²) in [4.78, 5) is 25.6. The monoisotopic (exact) mass is 530 g/mol. The average Bonchev–Trinajstić information content (AvgIpc) is 3.49. The van der Waals surface area contributed by atoms with Crippen LogP contribution in [-0.4, -0.2) is 53.6 Å². The Balaban J connectivity index is 1.38. The first-order valence-corrected chi connectivity index (χ1v) is 13.4. The highest BCUT2D eigenvalue weighted by atomic mass is 35.5. The second kappa shape index (κ2) is 10.8. The predicted octanol–water partition coefficient (Wildman–Crippen LogP) is 3.86. The average molecular weight is 531 g/mol. The largest absolute Gasteiger partial charge is 0.449 e. The van der Waals surface area contributed by atoms with Crippen molar-refractivity contribution in [1.82, 2.24) is 14.1 Å². The standard InChI is InChI=1S/C25H27ClN4O5S/c1-17-22(23(26)30(28-17)16-19-8-4-3-5-9-19)25(32)35-18(2)24(31)27-20-10-12-21(13-11-20)36(33,34)29-14-6-7-15-29/h3-5,8-13,18H,6-7,14-16H2,1-2H3,(H,27,31)/t18-/m1/s1. The van der Waals surface area contributed by atoms with E-state index in [9.17, 15) is 18.0 Å². The highest BCUT2D eigenvalue weighted by Crippen LogP contribution is 2.24. The van der Waals surface area contributed by atoms with Gasteiger partial charge in [-0.15, -0.1) is 0 Å². The van der Waals surface area contributed by atoms with Crippen LogP contribution < -0.4 is 5.32 Å². The number of aryl methyl sites for hydroxylation is 1. The Labute approximate surface area is 215 Å². The van der Waals surface area contributed by atoms with Gasteiger partial charge in [0.1, 0.15) is 10.7 Å². The molecule has 190 valence electrons. The maximum absolute atomic E-state index is 12.8. The third kappa shape index (κ3) is 5.61. The van der Waals surface area contributed by atoms with Crippen LogP contribution in [0.5, 0.6) is 0 Å². The molecule has 1 aromatic heterocycles. The third-order valence-corrected chi connectivity index (χ3v) is 8.22. The smallest absolute Gasteiger partial charge is 0.343 e. The fourth-order valence-electron chi connectivity index (χ4n) is 3.95. The van der Waals surface area contributed by atoms with Crippen molar-refractivity contribution in [3.63, 3.8) is 0 Å². The summed E-state index contributed by atoms with van der Waals surface area (Å²) in [5, 5.41) is 7.10. The molecule has 11 heteroatoms. The summed E-state index contributed by atoms with van der Waals surface area (Å²) in [5.41, 5.74) is 1.84. The zero-order valence-corrected chi connectivity index (χ0v) is 21.6. The molecule has 0 bridgehead atoms. The van der Waals surface area contributed by atoms with E-state index in [0.29, 0.717) is 31.0 Å². The van der Waals surface area contributed by atoms with Crippen LogP contribution in [0.25, 0.3) is 0 Å². The minimum absolute atomic E-state index is 0.101. The van der Waals surface area contributed by atoms with Gasteiger partial charge in [0.2, 0.25) is 10.0 Å². The van der Waals surface area contributed by atoms with Gasteiger partial charge in [-0.1, -0.05) is 41.9 Å². The van der Waals surface area contributed by atoms with Crippen LogP contribution in [-0.2, 0) is 26.1 Å². The molecule has 3 aromatic rings. The minimum atomic E-state index is -3.54. The number of sulfonamides is 1. The summed E-state index contributed by atoms with van der Waals surface area (Å²) in [6.07, 6.45) is 0.573. The number of hydrogen-bond donors (Lipinski definition) is 1. The molecule has 0 unspecified atom stereocenters. The zero-order chi connectivity index (χ0) is 25.9. The molecule has 1 fully saturated rings. The van der Waals surface area contributed by atoms with Gasteiger partial charge in [-0.25, -0.2) is 17.9 Å². The molecule has 1 amide bonds. The van der Waals surface area contributed by atoms with Crippen molar-refractivity contribution in [2.75, 3.05) is 18.4 Å². The van der Waals surface area contributed by atoms with Gasteiger partial charge in [0.05, 0.1) is 17.1 Å². The second-order valence-electron chi connectivity index (χ2n) is 8.57. The lowest BCUT2D eigenvalue weighted by Gasteiger charge is -2.16. The van der Waals surface area contributed by atoms with Gasteiger partial charge in [-0.3, -0.25) is 4.79 Å². The first kappa shape index (κ1) is 25.9. The maximum atomic E-state index is 12.8. The first-order chi connectivity index (χ1) is 17.2. The molecule has 1 aliphatic heterocycles. The third-order valence-electron chi connectivity index (χ3n) is 5.92. The summed E-state index contributed by atoms with van der Waals surface area (Å²) in [6, 6.07) is 15.4. The van der Waals surface area contributed by atoms with E-state index in [2.05, 4.69) is 10.4 Å². The number of amides is 1. The number of esters is 1. The molecule has 4 rings (SSSR count). The Morgan fingerprint density at radius 1 is 1.08 bits per heavy atom. The lowest BCUT2D eigenvalue weighted by atomic mass is 10.2. The number of nitrogens with one attached hydrogen (secondary N) is 1. The number of halogens is 1. The first-order valence-electron chi connectivity index (χ1n) is 11.6.